The number of methoxy groups -OCH3 is 1. The number of aromatic nitrogens is 1. The lowest BCUT2D eigenvalue weighted by molar-refractivity contribution is 0.0987. The van der Waals surface area contributed by atoms with Crippen LogP contribution >= 0.6 is 0 Å². The fraction of sp³-hybridized carbons (Fsp3) is 0.0588. The Labute approximate surface area is 127 Å². The third kappa shape index (κ3) is 2.83. The maximum Gasteiger partial charge on any atom is 0.294 e. The van der Waals surface area contributed by atoms with Gasteiger partial charge in [0.25, 0.3) is 11.8 Å². The molecular weight excluding hydrogens is 280 g/mol. The summed E-state index contributed by atoms with van der Waals surface area (Å²) in [5.74, 6) is -0.0135. The van der Waals surface area contributed by atoms with Crippen molar-refractivity contribution in [3.8, 4) is 17.0 Å². The van der Waals surface area contributed by atoms with Crippen LogP contribution in [0.2, 0.25) is 0 Å². The van der Waals surface area contributed by atoms with E-state index >= 15 is 0 Å². The average Bonchev–Trinajstić information content (AvgIpc) is 3.05. The standard InChI is InChI=1S/C17H14N2O3/c1-21-16-11-15(22-19-16)17(20)18-14-10-6-5-9-13(14)12-7-3-2-4-8-12/h2-11H,1H3,(H,18,20). The molecule has 0 spiro atoms. The Morgan fingerprint density at radius 1 is 1.09 bits per heavy atom. The van der Waals surface area contributed by atoms with Crippen LogP contribution in [0.3, 0.4) is 0 Å². The van der Waals surface area contributed by atoms with Crippen molar-refractivity contribution in [1.29, 1.82) is 0 Å². The molecule has 0 radical (unpaired) electrons. The van der Waals surface area contributed by atoms with Crippen LogP contribution in [-0.2, 0) is 0 Å². The van der Waals surface area contributed by atoms with Gasteiger partial charge < -0.3 is 14.6 Å². The van der Waals surface area contributed by atoms with Crippen molar-refractivity contribution in [2.24, 2.45) is 0 Å². The van der Waals surface area contributed by atoms with Crippen LogP contribution < -0.4 is 10.1 Å². The predicted octanol–water partition coefficient (Wildman–Crippen LogP) is 3.60. The Morgan fingerprint density at radius 3 is 2.55 bits per heavy atom. The Bertz CT molecular complexity index is 781. The van der Waals surface area contributed by atoms with Gasteiger partial charge in [0.05, 0.1) is 13.2 Å². The molecule has 3 rings (SSSR count). The van der Waals surface area contributed by atoms with Crippen molar-refractivity contribution in [2.75, 3.05) is 12.4 Å². The maximum absolute atomic E-state index is 12.2. The van der Waals surface area contributed by atoms with Crippen LogP contribution in [0.4, 0.5) is 5.69 Å². The zero-order valence-electron chi connectivity index (χ0n) is 11.9. The van der Waals surface area contributed by atoms with Gasteiger partial charge in [-0.3, -0.25) is 4.79 Å². The monoisotopic (exact) mass is 294 g/mol. The number of carbonyl (C=O) groups excluding carboxylic acids is 1. The van der Waals surface area contributed by atoms with Crippen LogP contribution in [0, 0.1) is 0 Å². The molecule has 1 N–H and O–H groups in total. The van der Waals surface area contributed by atoms with Gasteiger partial charge in [-0.2, -0.15) is 0 Å². The molecule has 1 amide bonds. The number of anilines is 1. The summed E-state index contributed by atoms with van der Waals surface area (Å²) in [4.78, 5) is 12.2. The number of nitrogens with zero attached hydrogens (tertiary/aromatic N) is 1. The highest BCUT2D eigenvalue weighted by molar-refractivity contribution is 6.04. The third-order valence-electron chi connectivity index (χ3n) is 3.18. The molecule has 0 atom stereocenters. The van der Waals surface area contributed by atoms with E-state index < -0.39 is 0 Å². The van der Waals surface area contributed by atoms with E-state index in [2.05, 4.69) is 10.5 Å². The van der Waals surface area contributed by atoms with Crippen molar-refractivity contribution < 1.29 is 14.1 Å². The summed E-state index contributed by atoms with van der Waals surface area (Å²) in [5.41, 5.74) is 2.66. The molecule has 0 bridgehead atoms. The second kappa shape index (κ2) is 6.13. The minimum Gasteiger partial charge on any atom is -0.479 e. The smallest absolute Gasteiger partial charge is 0.294 e. The molecule has 5 heteroatoms. The molecule has 0 aliphatic rings. The minimum atomic E-state index is -0.376. The summed E-state index contributed by atoms with van der Waals surface area (Å²) in [5, 5.41) is 6.45. The van der Waals surface area contributed by atoms with Crippen LogP contribution in [0.25, 0.3) is 11.1 Å². The van der Waals surface area contributed by atoms with E-state index in [1.807, 2.05) is 54.6 Å². The first-order valence-electron chi connectivity index (χ1n) is 6.74. The SMILES string of the molecule is COc1cc(C(=O)Nc2ccccc2-c2ccccc2)on1. The van der Waals surface area contributed by atoms with E-state index in [4.69, 9.17) is 9.26 Å². The molecule has 5 nitrogen and oxygen atoms in total. The van der Waals surface area contributed by atoms with Crippen molar-refractivity contribution in [3.63, 3.8) is 0 Å². The number of nitrogens with one attached hydrogen (secondary N) is 1. The van der Waals surface area contributed by atoms with Crippen molar-refractivity contribution in [1.82, 2.24) is 5.16 Å². The summed E-state index contributed by atoms with van der Waals surface area (Å²) in [6, 6.07) is 18.9. The number of para-hydroxylation sites is 1. The molecule has 22 heavy (non-hydrogen) atoms. The van der Waals surface area contributed by atoms with E-state index in [-0.39, 0.29) is 17.5 Å². The zero-order valence-corrected chi connectivity index (χ0v) is 11.9. The molecule has 0 saturated carbocycles. The summed E-state index contributed by atoms with van der Waals surface area (Å²) >= 11 is 0. The zero-order chi connectivity index (χ0) is 15.4. The number of hydrogen-bond acceptors (Lipinski definition) is 4. The fourth-order valence-electron chi connectivity index (χ4n) is 2.11. The lowest BCUT2D eigenvalue weighted by atomic mass is 10.0. The van der Waals surface area contributed by atoms with Gasteiger partial charge in [0.1, 0.15) is 0 Å². The first-order chi connectivity index (χ1) is 10.8. The summed E-state index contributed by atoms with van der Waals surface area (Å²) in [6.45, 7) is 0. The molecule has 1 heterocycles. The minimum absolute atomic E-state index is 0.0970. The van der Waals surface area contributed by atoms with Crippen molar-refractivity contribution >= 4 is 11.6 Å². The van der Waals surface area contributed by atoms with Gasteiger partial charge in [-0.25, -0.2) is 0 Å². The van der Waals surface area contributed by atoms with Crippen LogP contribution in [-0.4, -0.2) is 18.2 Å². The first kappa shape index (κ1) is 13.9. The van der Waals surface area contributed by atoms with Crippen molar-refractivity contribution in [3.05, 3.63) is 66.4 Å². The highest BCUT2D eigenvalue weighted by Gasteiger charge is 2.15. The maximum atomic E-state index is 12.2. The molecular formula is C17H14N2O3. The first-order valence-corrected chi connectivity index (χ1v) is 6.74. The quantitative estimate of drug-likeness (QED) is 0.798. The fourth-order valence-corrected chi connectivity index (χ4v) is 2.11. The van der Waals surface area contributed by atoms with Gasteiger partial charge >= 0.3 is 0 Å². The van der Waals surface area contributed by atoms with Gasteiger partial charge in [0.2, 0.25) is 5.76 Å². The van der Waals surface area contributed by atoms with Gasteiger partial charge in [0, 0.05) is 11.3 Å². The second-order valence-electron chi connectivity index (χ2n) is 4.60. The number of amides is 1. The number of carbonyl (C=O) groups is 1. The second-order valence-corrected chi connectivity index (χ2v) is 4.60. The van der Waals surface area contributed by atoms with Crippen molar-refractivity contribution in [2.45, 2.75) is 0 Å². The van der Waals surface area contributed by atoms with Crippen LogP contribution in [0.5, 0.6) is 5.88 Å². The molecule has 110 valence electrons. The molecule has 0 fully saturated rings. The molecule has 2 aromatic carbocycles. The number of hydrogen-bond donors (Lipinski definition) is 1. The molecule has 0 unspecified atom stereocenters. The van der Waals surface area contributed by atoms with E-state index in [9.17, 15) is 4.79 Å². The van der Waals surface area contributed by atoms with Gasteiger partial charge in [-0.1, -0.05) is 48.5 Å². The average molecular weight is 294 g/mol. The lowest BCUT2D eigenvalue weighted by Gasteiger charge is -2.10. The highest BCUT2D eigenvalue weighted by Crippen LogP contribution is 2.28. The number of rotatable bonds is 4. The summed E-state index contributed by atoms with van der Waals surface area (Å²) in [7, 11) is 1.46. The van der Waals surface area contributed by atoms with E-state index in [0.29, 0.717) is 5.69 Å². The Kier molecular flexibility index (Phi) is 3.87. The van der Waals surface area contributed by atoms with Gasteiger partial charge in [-0.15, -0.1) is 0 Å². The molecule has 0 aliphatic carbocycles. The third-order valence-corrected chi connectivity index (χ3v) is 3.18. The van der Waals surface area contributed by atoms with Gasteiger partial charge in [-0.05, 0) is 16.8 Å². The molecule has 3 aromatic rings. The van der Waals surface area contributed by atoms with E-state index in [1.54, 1.807) is 0 Å². The summed E-state index contributed by atoms with van der Waals surface area (Å²) < 4.78 is 9.85. The Morgan fingerprint density at radius 2 is 1.82 bits per heavy atom. The largest absolute Gasteiger partial charge is 0.479 e. The van der Waals surface area contributed by atoms with E-state index in [0.717, 1.165) is 11.1 Å². The molecule has 0 aliphatic heterocycles. The summed E-state index contributed by atoms with van der Waals surface area (Å²) in [6.07, 6.45) is 0. The topological polar surface area (TPSA) is 64.4 Å². The molecule has 0 saturated heterocycles. The van der Waals surface area contributed by atoms with Gasteiger partial charge in [0.15, 0.2) is 0 Å². The predicted molar refractivity (Wildman–Crippen MR) is 82.9 cm³/mol. The molecule has 1 aromatic heterocycles. The lowest BCUT2D eigenvalue weighted by Crippen LogP contribution is -2.11. The highest BCUT2D eigenvalue weighted by atomic mass is 16.5. The Balaban J connectivity index is 1.88. The van der Waals surface area contributed by atoms with E-state index in [1.165, 1.54) is 13.2 Å². The number of benzene rings is 2. The van der Waals surface area contributed by atoms with Crippen LogP contribution in [0.1, 0.15) is 10.6 Å². The Hall–Kier alpha value is -3.08. The van der Waals surface area contributed by atoms with Crippen LogP contribution in [0.15, 0.2) is 65.2 Å². The number of ether oxygens (including phenoxy) is 1. The normalized spacial score (nSPS) is 10.2.